The van der Waals surface area contributed by atoms with Crippen molar-refractivity contribution in [1.82, 2.24) is 10.2 Å². The van der Waals surface area contributed by atoms with Gasteiger partial charge in [-0.3, -0.25) is 0 Å². The third-order valence-electron chi connectivity index (χ3n) is 2.60. The fourth-order valence-electron chi connectivity index (χ4n) is 1.66. The van der Waals surface area contributed by atoms with Crippen LogP contribution in [0.2, 0.25) is 0 Å². The zero-order valence-corrected chi connectivity index (χ0v) is 10.3. The van der Waals surface area contributed by atoms with Crippen LogP contribution in [0.1, 0.15) is 17.5 Å². The zero-order chi connectivity index (χ0) is 12.4. The van der Waals surface area contributed by atoms with E-state index < -0.39 is 0 Å². The summed E-state index contributed by atoms with van der Waals surface area (Å²) >= 11 is 1.56. The third-order valence-corrected chi connectivity index (χ3v) is 3.46. The molecule has 0 aliphatic rings. The van der Waals surface area contributed by atoms with Gasteiger partial charge in [0.1, 0.15) is 6.04 Å². The van der Waals surface area contributed by atoms with Crippen LogP contribution in [-0.2, 0) is 0 Å². The summed E-state index contributed by atoms with van der Waals surface area (Å²) in [5.74, 6) is 0.955. The number of hydrogen-bond donors (Lipinski definition) is 1. The lowest BCUT2D eigenvalue weighted by Gasteiger charge is -2.05. The Labute approximate surface area is 108 Å². The van der Waals surface area contributed by atoms with Crippen molar-refractivity contribution in [3.8, 4) is 10.8 Å². The van der Waals surface area contributed by atoms with Gasteiger partial charge in [0.15, 0.2) is 0 Å². The Morgan fingerprint density at radius 3 is 2.61 bits per heavy atom. The summed E-state index contributed by atoms with van der Waals surface area (Å²) in [6, 6.07) is 13.2. The predicted molar refractivity (Wildman–Crippen MR) is 70.1 cm³/mol. The van der Waals surface area contributed by atoms with Gasteiger partial charge in [0.05, 0.1) is 4.88 Å². The van der Waals surface area contributed by atoms with E-state index in [1.54, 1.807) is 11.3 Å². The number of thiophene rings is 1. The SMILES string of the molecule is NC(c1ccccc1)c1nnc(-c2cccs2)o1. The first-order valence-electron chi connectivity index (χ1n) is 5.52. The van der Waals surface area contributed by atoms with E-state index in [2.05, 4.69) is 10.2 Å². The lowest BCUT2D eigenvalue weighted by atomic mass is 10.1. The molecule has 1 atom stereocenters. The van der Waals surface area contributed by atoms with Crippen LogP contribution in [0.5, 0.6) is 0 Å². The second-order valence-corrected chi connectivity index (χ2v) is 4.76. The summed E-state index contributed by atoms with van der Waals surface area (Å²) in [7, 11) is 0. The number of aromatic nitrogens is 2. The molecule has 2 aromatic heterocycles. The van der Waals surface area contributed by atoms with Gasteiger partial charge in [0.25, 0.3) is 5.89 Å². The van der Waals surface area contributed by atoms with Gasteiger partial charge in [0, 0.05) is 0 Å². The van der Waals surface area contributed by atoms with E-state index in [0.717, 1.165) is 10.4 Å². The molecule has 18 heavy (non-hydrogen) atoms. The molecule has 0 saturated heterocycles. The van der Waals surface area contributed by atoms with Gasteiger partial charge < -0.3 is 10.2 Å². The normalized spacial score (nSPS) is 12.5. The zero-order valence-electron chi connectivity index (χ0n) is 9.48. The van der Waals surface area contributed by atoms with Crippen molar-refractivity contribution < 1.29 is 4.42 Å². The molecule has 1 aromatic carbocycles. The molecule has 0 fully saturated rings. The van der Waals surface area contributed by atoms with Crippen molar-refractivity contribution in [2.45, 2.75) is 6.04 Å². The average molecular weight is 257 g/mol. The van der Waals surface area contributed by atoms with Gasteiger partial charge in [-0.25, -0.2) is 0 Å². The molecule has 0 radical (unpaired) electrons. The van der Waals surface area contributed by atoms with Crippen molar-refractivity contribution in [2.24, 2.45) is 5.73 Å². The van der Waals surface area contributed by atoms with E-state index in [-0.39, 0.29) is 6.04 Å². The molecule has 0 aliphatic heterocycles. The summed E-state index contributed by atoms with van der Waals surface area (Å²) in [4.78, 5) is 0.953. The molecule has 0 bridgehead atoms. The van der Waals surface area contributed by atoms with Crippen LogP contribution in [0.4, 0.5) is 0 Å². The smallest absolute Gasteiger partial charge is 0.257 e. The molecule has 0 saturated carbocycles. The molecule has 4 nitrogen and oxygen atoms in total. The maximum absolute atomic E-state index is 6.09. The van der Waals surface area contributed by atoms with E-state index in [1.807, 2.05) is 47.8 Å². The molecular formula is C13H11N3OS. The number of benzene rings is 1. The standard InChI is InChI=1S/C13H11N3OS/c14-11(9-5-2-1-3-6-9)13-16-15-12(17-13)10-7-4-8-18-10/h1-8,11H,14H2. The van der Waals surface area contributed by atoms with Crippen LogP contribution in [0.25, 0.3) is 10.8 Å². The minimum atomic E-state index is -0.382. The monoisotopic (exact) mass is 257 g/mol. The van der Waals surface area contributed by atoms with E-state index in [0.29, 0.717) is 11.8 Å². The van der Waals surface area contributed by atoms with E-state index in [1.165, 1.54) is 0 Å². The van der Waals surface area contributed by atoms with Crippen LogP contribution in [0.3, 0.4) is 0 Å². The van der Waals surface area contributed by atoms with Gasteiger partial charge in [-0.1, -0.05) is 36.4 Å². The van der Waals surface area contributed by atoms with Crippen molar-refractivity contribution in [2.75, 3.05) is 0 Å². The summed E-state index contributed by atoms with van der Waals surface area (Å²) < 4.78 is 5.61. The van der Waals surface area contributed by atoms with Gasteiger partial charge in [-0.2, -0.15) is 0 Å². The lowest BCUT2D eigenvalue weighted by molar-refractivity contribution is 0.485. The van der Waals surface area contributed by atoms with Crippen LogP contribution >= 0.6 is 11.3 Å². The first-order chi connectivity index (χ1) is 8.84. The highest BCUT2D eigenvalue weighted by Gasteiger charge is 2.17. The van der Waals surface area contributed by atoms with Crippen molar-refractivity contribution in [3.05, 3.63) is 59.3 Å². The van der Waals surface area contributed by atoms with Crippen molar-refractivity contribution >= 4 is 11.3 Å². The highest BCUT2D eigenvalue weighted by atomic mass is 32.1. The highest BCUT2D eigenvalue weighted by Crippen LogP contribution is 2.26. The minimum absolute atomic E-state index is 0.382. The average Bonchev–Trinajstić information content (AvgIpc) is 3.09. The molecule has 0 aliphatic carbocycles. The molecule has 2 heterocycles. The topological polar surface area (TPSA) is 64.9 Å². The molecule has 0 spiro atoms. The second-order valence-electron chi connectivity index (χ2n) is 3.81. The van der Waals surface area contributed by atoms with Crippen LogP contribution in [-0.4, -0.2) is 10.2 Å². The molecular weight excluding hydrogens is 246 g/mol. The first kappa shape index (κ1) is 11.1. The van der Waals surface area contributed by atoms with E-state index in [9.17, 15) is 0 Å². The second kappa shape index (κ2) is 4.72. The summed E-state index contributed by atoms with van der Waals surface area (Å²) in [6.45, 7) is 0. The Hall–Kier alpha value is -1.98. The van der Waals surface area contributed by atoms with Crippen molar-refractivity contribution in [3.63, 3.8) is 0 Å². The Morgan fingerprint density at radius 1 is 1.06 bits per heavy atom. The fourth-order valence-corrected chi connectivity index (χ4v) is 2.31. The Kier molecular flexibility index (Phi) is 2.92. The molecule has 0 amide bonds. The van der Waals surface area contributed by atoms with Gasteiger partial charge in [-0.05, 0) is 17.0 Å². The van der Waals surface area contributed by atoms with Crippen molar-refractivity contribution in [1.29, 1.82) is 0 Å². The van der Waals surface area contributed by atoms with Crippen LogP contribution in [0, 0.1) is 0 Å². The largest absolute Gasteiger partial charge is 0.418 e. The van der Waals surface area contributed by atoms with E-state index in [4.69, 9.17) is 10.2 Å². The maximum Gasteiger partial charge on any atom is 0.257 e. The molecule has 3 aromatic rings. The molecule has 90 valence electrons. The predicted octanol–water partition coefficient (Wildman–Crippen LogP) is 2.85. The van der Waals surface area contributed by atoms with Crippen LogP contribution in [0.15, 0.2) is 52.3 Å². The van der Waals surface area contributed by atoms with Gasteiger partial charge in [0.2, 0.25) is 5.89 Å². The molecule has 5 heteroatoms. The van der Waals surface area contributed by atoms with Gasteiger partial charge in [-0.15, -0.1) is 21.5 Å². The number of nitrogens with zero attached hydrogens (tertiary/aromatic N) is 2. The Bertz CT molecular complexity index is 619. The fraction of sp³-hybridized carbons (Fsp3) is 0.0769. The minimum Gasteiger partial charge on any atom is -0.418 e. The number of nitrogens with two attached hydrogens (primary N) is 1. The van der Waals surface area contributed by atoms with E-state index >= 15 is 0 Å². The summed E-state index contributed by atoms with van der Waals surface area (Å²) in [6.07, 6.45) is 0. The number of hydrogen-bond acceptors (Lipinski definition) is 5. The summed E-state index contributed by atoms with van der Waals surface area (Å²) in [5.41, 5.74) is 7.05. The summed E-state index contributed by atoms with van der Waals surface area (Å²) in [5, 5.41) is 10.0. The number of rotatable bonds is 3. The Morgan fingerprint density at radius 2 is 1.89 bits per heavy atom. The first-order valence-corrected chi connectivity index (χ1v) is 6.40. The molecule has 2 N–H and O–H groups in total. The lowest BCUT2D eigenvalue weighted by Crippen LogP contribution is -2.11. The highest BCUT2D eigenvalue weighted by molar-refractivity contribution is 7.13. The third kappa shape index (κ3) is 2.05. The molecule has 1 unspecified atom stereocenters. The van der Waals surface area contributed by atoms with Gasteiger partial charge >= 0.3 is 0 Å². The molecule has 3 rings (SSSR count). The Balaban J connectivity index is 1.90. The quantitative estimate of drug-likeness (QED) is 0.783. The van der Waals surface area contributed by atoms with Crippen LogP contribution < -0.4 is 5.73 Å². The maximum atomic E-state index is 6.09.